The van der Waals surface area contributed by atoms with Gasteiger partial charge in [-0.15, -0.1) is 0 Å². The first-order chi connectivity index (χ1) is 15.0. The molecule has 0 aliphatic rings. The quantitative estimate of drug-likeness (QED) is 0.345. The van der Waals surface area contributed by atoms with Gasteiger partial charge in [0.1, 0.15) is 0 Å². The lowest BCUT2D eigenvalue weighted by Crippen LogP contribution is -2.30. The number of benzene rings is 2. The summed E-state index contributed by atoms with van der Waals surface area (Å²) in [4.78, 5) is 13.1. The number of aromatic nitrogens is 3. The highest BCUT2D eigenvalue weighted by Gasteiger charge is 2.10. The van der Waals surface area contributed by atoms with Gasteiger partial charge in [-0.3, -0.25) is 9.97 Å². The standard InChI is InChI=1S/C22H17Cl2N5OS/c23-16-8-15(9-17(24)21(16)30)14-3-4-18-19(10-14)28-20(12-27-18)29-22(31)26-7-5-13-2-1-6-25-11-13/h1-4,6,8-12,30H,5,7H2,(H2,26,28,29,31). The van der Waals surface area contributed by atoms with Crippen molar-refractivity contribution < 1.29 is 5.11 Å². The minimum absolute atomic E-state index is 0.135. The van der Waals surface area contributed by atoms with Crippen molar-refractivity contribution in [3.63, 3.8) is 0 Å². The van der Waals surface area contributed by atoms with E-state index in [1.807, 2.05) is 36.5 Å². The molecule has 31 heavy (non-hydrogen) atoms. The van der Waals surface area contributed by atoms with E-state index < -0.39 is 0 Å². The maximum absolute atomic E-state index is 9.78. The number of halogens is 2. The zero-order valence-electron chi connectivity index (χ0n) is 16.1. The molecule has 156 valence electrons. The predicted octanol–water partition coefficient (Wildman–Crippen LogP) is 5.23. The van der Waals surface area contributed by atoms with Gasteiger partial charge >= 0.3 is 0 Å². The number of anilines is 1. The van der Waals surface area contributed by atoms with Gasteiger partial charge in [0, 0.05) is 18.9 Å². The average Bonchev–Trinajstić information content (AvgIpc) is 2.77. The maximum Gasteiger partial charge on any atom is 0.171 e. The van der Waals surface area contributed by atoms with E-state index in [-0.39, 0.29) is 15.8 Å². The SMILES string of the molecule is Oc1c(Cl)cc(-c2ccc3ncc(NC(=S)NCCc4cccnc4)nc3c2)cc1Cl. The molecule has 0 fully saturated rings. The van der Waals surface area contributed by atoms with E-state index in [0.717, 1.165) is 28.6 Å². The fourth-order valence-corrected chi connectivity index (χ4v) is 3.70. The van der Waals surface area contributed by atoms with Gasteiger partial charge in [0.2, 0.25) is 0 Å². The van der Waals surface area contributed by atoms with E-state index in [0.29, 0.717) is 23.0 Å². The summed E-state index contributed by atoms with van der Waals surface area (Å²) in [6.07, 6.45) is 6.02. The highest BCUT2D eigenvalue weighted by atomic mass is 35.5. The highest BCUT2D eigenvalue weighted by molar-refractivity contribution is 7.80. The summed E-state index contributed by atoms with van der Waals surface area (Å²) in [6, 6.07) is 12.9. The van der Waals surface area contributed by atoms with Crippen LogP contribution in [-0.2, 0) is 6.42 Å². The second-order valence-electron chi connectivity index (χ2n) is 6.74. The van der Waals surface area contributed by atoms with Crippen molar-refractivity contribution in [2.75, 3.05) is 11.9 Å². The number of fused-ring (bicyclic) bond motifs is 1. The molecule has 0 saturated carbocycles. The van der Waals surface area contributed by atoms with Gasteiger partial charge in [0.15, 0.2) is 16.7 Å². The molecular formula is C22H17Cl2N5OS. The van der Waals surface area contributed by atoms with E-state index in [1.54, 1.807) is 24.5 Å². The van der Waals surface area contributed by atoms with E-state index in [4.69, 9.17) is 35.4 Å². The Morgan fingerprint density at radius 1 is 1.00 bits per heavy atom. The number of aromatic hydroxyl groups is 1. The third-order valence-electron chi connectivity index (χ3n) is 4.56. The van der Waals surface area contributed by atoms with Crippen LogP contribution in [0.4, 0.5) is 5.82 Å². The minimum atomic E-state index is -0.135. The van der Waals surface area contributed by atoms with E-state index >= 15 is 0 Å². The lowest BCUT2D eigenvalue weighted by Gasteiger charge is -2.11. The van der Waals surface area contributed by atoms with Crippen molar-refractivity contribution in [1.29, 1.82) is 0 Å². The smallest absolute Gasteiger partial charge is 0.171 e. The lowest BCUT2D eigenvalue weighted by atomic mass is 10.0. The molecule has 0 unspecified atom stereocenters. The Kier molecular flexibility index (Phi) is 6.46. The maximum atomic E-state index is 9.78. The Bertz CT molecular complexity index is 1230. The summed E-state index contributed by atoms with van der Waals surface area (Å²) < 4.78 is 0. The molecule has 0 amide bonds. The molecule has 3 N–H and O–H groups in total. The third-order valence-corrected chi connectivity index (χ3v) is 5.38. The topological polar surface area (TPSA) is 83.0 Å². The van der Waals surface area contributed by atoms with Crippen LogP contribution in [0.2, 0.25) is 10.0 Å². The molecule has 4 rings (SSSR count). The number of nitrogens with zero attached hydrogens (tertiary/aromatic N) is 3. The molecule has 2 heterocycles. The predicted molar refractivity (Wildman–Crippen MR) is 129 cm³/mol. The van der Waals surface area contributed by atoms with Crippen molar-refractivity contribution in [3.05, 3.63) is 76.7 Å². The first-order valence-corrected chi connectivity index (χ1v) is 10.5. The Balaban J connectivity index is 1.47. The van der Waals surface area contributed by atoms with Gasteiger partial charge in [-0.25, -0.2) is 4.98 Å². The molecule has 0 bridgehead atoms. The van der Waals surface area contributed by atoms with Gasteiger partial charge in [-0.1, -0.05) is 35.3 Å². The largest absolute Gasteiger partial charge is 0.505 e. The average molecular weight is 470 g/mol. The molecule has 9 heteroatoms. The first kappa shape index (κ1) is 21.2. The second kappa shape index (κ2) is 9.43. The van der Waals surface area contributed by atoms with Crippen molar-refractivity contribution >= 4 is 57.4 Å². The monoisotopic (exact) mass is 469 g/mol. The second-order valence-corrected chi connectivity index (χ2v) is 7.96. The third kappa shape index (κ3) is 5.19. The summed E-state index contributed by atoms with van der Waals surface area (Å²) in [5.74, 6) is 0.397. The van der Waals surface area contributed by atoms with Gasteiger partial charge in [-0.05, 0) is 65.7 Å². The van der Waals surface area contributed by atoms with Crippen LogP contribution in [0.3, 0.4) is 0 Å². The van der Waals surface area contributed by atoms with Gasteiger partial charge < -0.3 is 15.7 Å². The number of thiocarbonyl (C=S) groups is 1. The van der Waals surface area contributed by atoms with Crippen molar-refractivity contribution in [1.82, 2.24) is 20.3 Å². The number of nitrogens with one attached hydrogen (secondary N) is 2. The molecule has 0 atom stereocenters. The number of pyridine rings is 1. The minimum Gasteiger partial charge on any atom is -0.505 e. The first-order valence-electron chi connectivity index (χ1n) is 9.38. The molecule has 4 aromatic rings. The zero-order valence-corrected chi connectivity index (χ0v) is 18.5. The van der Waals surface area contributed by atoms with Crippen LogP contribution in [0, 0.1) is 0 Å². The Morgan fingerprint density at radius 3 is 2.55 bits per heavy atom. The molecule has 0 aliphatic carbocycles. The molecule has 2 aromatic carbocycles. The summed E-state index contributed by atoms with van der Waals surface area (Å²) in [6.45, 7) is 0.672. The fraction of sp³-hybridized carbons (Fsp3) is 0.0909. The number of hydrogen-bond donors (Lipinski definition) is 3. The Morgan fingerprint density at radius 2 is 1.81 bits per heavy atom. The molecular weight excluding hydrogens is 453 g/mol. The summed E-state index contributed by atoms with van der Waals surface area (Å²) >= 11 is 17.5. The van der Waals surface area contributed by atoms with E-state index in [1.165, 1.54) is 0 Å². The summed E-state index contributed by atoms with van der Waals surface area (Å²) in [5, 5.41) is 16.8. The number of phenolic OH excluding ortho intramolecular Hbond substituents is 1. The zero-order chi connectivity index (χ0) is 21.8. The van der Waals surface area contributed by atoms with Crippen molar-refractivity contribution in [2.24, 2.45) is 0 Å². The molecule has 6 nitrogen and oxygen atoms in total. The van der Waals surface area contributed by atoms with Crippen LogP contribution >= 0.6 is 35.4 Å². The summed E-state index contributed by atoms with van der Waals surface area (Å²) in [5.41, 5.74) is 4.16. The van der Waals surface area contributed by atoms with Gasteiger partial charge in [0.25, 0.3) is 0 Å². The molecule has 0 saturated heterocycles. The lowest BCUT2D eigenvalue weighted by molar-refractivity contribution is 0.476. The number of rotatable bonds is 5. The van der Waals surface area contributed by atoms with Crippen LogP contribution in [-0.4, -0.2) is 31.7 Å². The van der Waals surface area contributed by atoms with Gasteiger partial charge in [-0.2, -0.15) is 0 Å². The van der Waals surface area contributed by atoms with Crippen LogP contribution in [0.15, 0.2) is 61.1 Å². The highest BCUT2D eigenvalue weighted by Crippen LogP contribution is 2.36. The van der Waals surface area contributed by atoms with Crippen LogP contribution in [0.1, 0.15) is 5.56 Å². The molecule has 0 radical (unpaired) electrons. The van der Waals surface area contributed by atoms with Crippen molar-refractivity contribution in [2.45, 2.75) is 6.42 Å². The van der Waals surface area contributed by atoms with E-state index in [9.17, 15) is 5.11 Å². The Hall–Kier alpha value is -3.00. The normalized spacial score (nSPS) is 10.8. The van der Waals surface area contributed by atoms with Crippen LogP contribution < -0.4 is 10.6 Å². The number of phenols is 1. The Labute approximate surface area is 194 Å². The fourth-order valence-electron chi connectivity index (χ4n) is 3.01. The molecule has 0 spiro atoms. The number of hydrogen-bond acceptors (Lipinski definition) is 5. The van der Waals surface area contributed by atoms with E-state index in [2.05, 4.69) is 25.6 Å². The molecule has 0 aliphatic heterocycles. The van der Waals surface area contributed by atoms with Crippen LogP contribution in [0.25, 0.3) is 22.2 Å². The van der Waals surface area contributed by atoms with Crippen LogP contribution in [0.5, 0.6) is 5.75 Å². The van der Waals surface area contributed by atoms with Crippen molar-refractivity contribution in [3.8, 4) is 16.9 Å². The molecule has 2 aromatic heterocycles. The van der Waals surface area contributed by atoms with Gasteiger partial charge in [0.05, 0.1) is 27.3 Å². The summed E-state index contributed by atoms with van der Waals surface area (Å²) in [7, 11) is 0.